The van der Waals surface area contributed by atoms with Crippen LogP contribution in [-0.4, -0.2) is 38.8 Å². The summed E-state index contributed by atoms with van der Waals surface area (Å²) in [5.74, 6) is 0.635. The number of carbonyl (C=O) groups excluding carboxylic acids is 2. The van der Waals surface area contributed by atoms with Gasteiger partial charge in [0.1, 0.15) is 12.4 Å². The Balaban J connectivity index is 1.57. The third kappa shape index (κ3) is 5.07. The van der Waals surface area contributed by atoms with Gasteiger partial charge >= 0.3 is 5.97 Å². The van der Waals surface area contributed by atoms with Crippen LogP contribution in [0.15, 0.2) is 55.1 Å². The van der Waals surface area contributed by atoms with Crippen LogP contribution in [0.5, 0.6) is 17.2 Å². The van der Waals surface area contributed by atoms with E-state index in [4.69, 9.17) is 18.9 Å². The predicted molar refractivity (Wildman–Crippen MR) is 106 cm³/mol. The first-order chi connectivity index (χ1) is 14.1. The molecule has 1 aliphatic rings. The molecule has 0 radical (unpaired) electrons. The highest BCUT2D eigenvalue weighted by atomic mass is 16.5. The van der Waals surface area contributed by atoms with Gasteiger partial charge in [0.15, 0.2) is 18.1 Å². The fourth-order valence-corrected chi connectivity index (χ4v) is 3.00. The van der Waals surface area contributed by atoms with Crippen LogP contribution < -0.4 is 19.5 Å². The smallest absolute Gasteiger partial charge is 0.338 e. The molecule has 7 heteroatoms. The minimum absolute atomic E-state index is 0.174. The van der Waals surface area contributed by atoms with E-state index in [9.17, 15) is 9.59 Å². The summed E-state index contributed by atoms with van der Waals surface area (Å²) < 4.78 is 21.4. The first-order valence-corrected chi connectivity index (χ1v) is 9.22. The zero-order valence-electron chi connectivity index (χ0n) is 16.2. The minimum Gasteiger partial charge on any atom is -0.493 e. The number of nitrogens with one attached hydrogen (secondary N) is 1. The summed E-state index contributed by atoms with van der Waals surface area (Å²) >= 11 is 0. The number of hydrogen-bond donors (Lipinski definition) is 1. The van der Waals surface area contributed by atoms with E-state index in [1.54, 1.807) is 18.2 Å². The van der Waals surface area contributed by atoms with Crippen LogP contribution >= 0.6 is 0 Å². The molecule has 1 aliphatic heterocycles. The van der Waals surface area contributed by atoms with Crippen LogP contribution in [0.4, 0.5) is 0 Å². The van der Waals surface area contributed by atoms with Gasteiger partial charge in [0.2, 0.25) is 0 Å². The Bertz CT molecular complexity index is 895. The van der Waals surface area contributed by atoms with Crippen molar-refractivity contribution in [2.45, 2.75) is 12.5 Å². The highest BCUT2D eigenvalue weighted by molar-refractivity contribution is 5.92. The SMILES string of the molecule is C=CCOc1ccc(C(=O)OCC(=O)NC2CCOc3ccccc32)cc1OC. The average molecular weight is 397 g/mol. The number of ether oxygens (including phenoxy) is 4. The lowest BCUT2D eigenvalue weighted by atomic mass is 10.0. The second-order valence-electron chi connectivity index (χ2n) is 6.34. The predicted octanol–water partition coefficient (Wildman–Crippen LogP) is 3.06. The largest absolute Gasteiger partial charge is 0.493 e. The average Bonchev–Trinajstić information content (AvgIpc) is 2.76. The zero-order valence-corrected chi connectivity index (χ0v) is 16.2. The summed E-state index contributed by atoms with van der Waals surface area (Å²) in [6.45, 7) is 4.04. The van der Waals surface area contributed by atoms with Crippen LogP contribution in [0.1, 0.15) is 28.4 Å². The summed E-state index contributed by atoms with van der Waals surface area (Å²) in [6, 6.07) is 12.0. The van der Waals surface area contributed by atoms with Gasteiger partial charge in [-0.05, 0) is 24.3 Å². The van der Waals surface area contributed by atoms with Gasteiger partial charge in [-0.25, -0.2) is 4.79 Å². The highest BCUT2D eigenvalue weighted by Gasteiger charge is 2.23. The van der Waals surface area contributed by atoms with Crippen molar-refractivity contribution in [2.75, 3.05) is 26.9 Å². The second kappa shape index (κ2) is 9.64. The van der Waals surface area contributed by atoms with Crippen molar-refractivity contribution < 1.29 is 28.5 Å². The van der Waals surface area contributed by atoms with E-state index in [0.29, 0.717) is 31.1 Å². The summed E-state index contributed by atoms with van der Waals surface area (Å²) in [4.78, 5) is 24.6. The Hall–Kier alpha value is -3.48. The molecule has 1 atom stereocenters. The maximum absolute atomic E-state index is 12.3. The molecule has 1 unspecified atom stereocenters. The molecule has 1 N–H and O–H groups in total. The van der Waals surface area contributed by atoms with Gasteiger partial charge in [-0.15, -0.1) is 0 Å². The fraction of sp³-hybridized carbons (Fsp3) is 0.273. The molecule has 0 saturated carbocycles. The summed E-state index contributed by atoms with van der Waals surface area (Å²) in [5.41, 5.74) is 1.18. The molecule has 0 fully saturated rings. The van der Waals surface area contributed by atoms with E-state index in [1.807, 2.05) is 24.3 Å². The quantitative estimate of drug-likeness (QED) is 0.545. The Labute approximate surface area is 169 Å². The first-order valence-electron chi connectivity index (χ1n) is 9.22. The molecule has 0 spiro atoms. The molecular weight excluding hydrogens is 374 g/mol. The van der Waals surface area contributed by atoms with Crippen molar-refractivity contribution in [1.82, 2.24) is 5.32 Å². The standard InChI is InChI=1S/C22H23NO6/c1-3-11-27-19-9-8-15(13-20(19)26-2)22(25)29-14-21(24)23-17-10-12-28-18-7-5-4-6-16(17)18/h3-9,13,17H,1,10-12,14H2,2H3,(H,23,24). The summed E-state index contributed by atoms with van der Waals surface area (Å²) in [5, 5.41) is 2.89. The number of esters is 1. The van der Waals surface area contributed by atoms with Crippen molar-refractivity contribution in [2.24, 2.45) is 0 Å². The van der Waals surface area contributed by atoms with Crippen LogP contribution in [0.3, 0.4) is 0 Å². The molecule has 2 aromatic carbocycles. The third-order valence-electron chi connectivity index (χ3n) is 4.38. The van der Waals surface area contributed by atoms with Gasteiger partial charge in [0.05, 0.1) is 25.3 Å². The van der Waals surface area contributed by atoms with Gasteiger partial charge < -0.3 is 24.3 Å². The van der Waals surface area contributed by atoms with Crippen molar-refractivity contribution in [3.05, 3.63) is 66.2 Å². The normalized spacial score (nSPS) is 14.7. The van der Waals surface area contributed by atoms with E-state index >= 15 is 0 Å². The first kappa shape index (κ1) is 20.3. The minimum atomic E-state index is -0.624. The molecule has 0 saturated heterocycles. The Morgan fingerprint density at radius 2 is 2.07 bits per heavy atom. The van der Waals surface area contributed by atoms with Gasteiger partial charge in [-0.1, -0.05) is 30.9 Å². The van der Waals surface area contributed by atoms with Crippen molar-refractivity contribution in [3.63, 3.8) is 0 Å². The Morgan fingerprint density at radius 3 is 2.86 bits per heavy atom. The lowest BCUT2D eigenvalue weighted by Crippen LogP contribution is -2.35. The molecular formula is C22H23NO6. The van der Waals surface area contributed by atoms with Gasteiger partial charge in [-0.2, -0.15) is 0 Å². The number of rotatable bonds is 8. The van der Waals surface area contributed by atoms with E-state index in [-0.39, 0.29) is 24.1 Å². The second-order valence-corrected chi connectivity index (χ2v) is 6.34. The van der Waals surface area contributed by atoms with Crippen LogP contribution in [-0.2, 0) is 9.53 Å². The summed E-state index contributed by atoms with van der Waals surface area (Å²) in [7, 11) is 1.48. The number of hydrogen-bond acceptors (Lipinski definition) is 6. The Morgan fingerprint density at radius 1 is 1.24 bits per heavy atom. The number of carbonyl (C=O) groups is 2. The van der Waals surface area contributed by atoms with Gasteiger partial charge in [0.25, 0.3) is 5.91 Å². The monoisotopic (exact) mass is 397 g/mol. The van der Waals surface area contributed by atoms with Crippen molar-refractivity contribution >= 4 is 11.9 Å². The third-order valence-corrected chi connectivity index (χ3v) is 4.38. The lowest BCUT2D eigenvalue weighted by Gasteiger charge is -2.26. The van der Waals surface area contributed by atoms with Crippen LogP contribution in [0.2, 0.25) is 0 Å². The highest BCUT2D eigenvalue weighted by Crippen LogP contribution is 2.31. The fourth-order valence-electron chi connectivity index (χ4n) is 3.00. The van der Waals surface area contributed by atoms with Gasteiger partial charge in [-0.3, -0.25) is 4.79 Å². The van der Waals surface area contributed by atoms with Gasteiger partial charge in [0, 0.05) is 12.0 Å². The van der Waals surface area contributed by atoms with E-state index in [1.165, 1.54) is 13.2 Å². The number of methoxy groups -OCH3 is 1. The molecule has 0 aromatic heterocycles. The topological polar surface area (TPSA) is 83.1 Å². The molecule has 7 nitrogen and oxygen atoms in total. The van der Waals surface area contributed by atoms with Crippen molar-refractivity contribution in [3.8, 4) is 17.2 Å². The van der Waals surface area contributed by atoms with Crippen molar-refractivity contribution in [1.29, 1.82) is 0 Å². The lowest BCUT2D eigenvalue weighted by molar-refractivity contribution is -0.125. The molecule has 2 aromatic rings. The molecule has 152 valence electrons. The molecule has 3 rings (SSSR count). The van der Waals surface area contributed by atoms with E-state index in [0.717, 1.165) is 11.3 Å². The number of para-hydroxylation sites is 1. The number of fused-ring (bicyclic) bond motifs is 1. The summed E-state index contributed by atoms with van der Waals surface area (Å²) in [6.07, 6.45) is 2.26. The zero-order chi connectivity index (χ0) is 20.6. The van der Waals surface area contributed by atoms with E-state index in [2.05, 4.69) is 11.9 Å². The molecule has 1 heterocycles. The molecule has 0 aliphatic carbocycles. The van der Waals surface area contributed by atoms with Crippen LogP contribution in [0.25, 0.3) is 0 Å². The van der Waals surface area contributed by atoms with E-state index < -0.39 is 5.97 Å². The molecule has 1 amide bonds. The van der Waals surface area contributed by atoms with Crippen LogP contribution in [0, 0.1) is 0 Å². The number of amides is 1. The Kier molecular flexibility index (Phi) is 6.73. The molecule has 29 heavy (non-hydrogen) atoms. The number of benzene rings is 2. The maximum atomic E-state index is 12.3. The maximum Gasteiger partial charge on any atom is 0.338 e. The molecule has 0 bridgehead atoms.